The summed E-state index contributed by atoms with van der Waals surface area (Å²) in [5, 5.41) is 5.41. The number of methoxy groups -OCH3 is 3. The first kappa shape index (κ1) is 24.9. The lowest BCUT2D eigenvalue weighted by atomic mass is 9.72. The fourth-order valence-corrected chi connectivity index (χ4v) is 5.74. The van der Waals surface area contributed by atoms with Gasteiger partial charge in [-0.25, -0.2) is 4.79 Å². The highest BCUT2D eigenvalue weighted by Gasteiger charge is 2.42. The summed E-state index contributed by atoms with van der Waals surface area (Å²) in [6.07, 6.45) is 0.767. The Hall–Kier alpha value is -3.26. The first-order valence-electron chi connectivity index (χ1n) is 11.6. The van der Waals surface area contributed by atoms with Gasteiger partial charge >= 0.3 is 5.97 Å². The molecule has 8 heteroatoms. The minimum Gasteiger partial charge on any atom is -0.493 e. The molecule has 4 rings (SSSR count). The molecule has 2 aromatic rings. The maximum absolute atomic E-state index is 13.7. The molecule has 0 unspecified atom stereocenters. The summed E-state index contributed by atoms with van der Waals surface area (Å²) in [5.74, 6) is 0.394. The Morgan fingerprint density at radius 2 is 1.77 bits per heavy atom. The normalized spacial score (nSPS) is 19.9. The van der Waals surface area contributed by atoms with E-state index in [1.807, 2.05) is 18.4 Å². The molecule has 2 atom stereocenters. The van der Waals surface area contributed by atoms with Crippen LogP contribution >= 0.6 is 11.3 Å². The predicted molar refractivity (Wildman–Crippen MR) is 134 cm³/mol. The second-order valence-corrected chi connectivity index (χ2v) is 9.92. The number of benzene rings is 1. The van der Waals surface area contributed by atoms with Gasteiger partial charge in [0.2, 0.25) is 5.75 Å². The molecule has 1 aromatic heterocycles. The highest BCUT2D eigenvalue weighted by molar-refractivity contribution is 7.10. The molecule has 0 amide bonds. The number of allylic oxidation sites excluding steroid dienone is 3. The molecule has 0 saturated carbocycles. The standard InChI is InChI=1S/C27H31NO6S/c1-14(2)34-27(30)23-15(3)28-18-10-16(22-8-7-9-35-22)11-19(29)25(18)24(23)17-12-20(31-4)26(33-6)21(13-17)32-5/h7-9,12-14,16,24,28H,10-11H2,1-6H3/t16-,24-/m0/s1. The number of esters is 1. The van der Waals surface area contributed by atoms with Gasteiger partial charge in [0.05, 0.1) is 33.0 Å². The van der Waals surface area contributed by atoms with Crippen LogP contribution in [0.5, 0.6) is 17.2 Å². The van der Waals surface area contributed by atoms with Gasteiger partial charge in [-0.2, -0.15) is 0 Å². The summed E-state index contributed by atoms with van der Waals surface area (Å²) in [6, 6.07) is 7.68. The number of rotatable bonds is 7. The van der Waals surface area contributed by atoms with Gasteiger partial charge in [-0.3, -0.25) is 4.79 Å². The summed E-state index contributed by atoms with van der Waals surface area (Å²) in [5.41, 5.74) is 3.22. The summed E-state index contributed by atoms with van der Waals surface area (Å²) in [4.78, 5) is 28.2. The Bertz CT molecular complexity index is 1170. The van der Waals surface area contributed by atoms with Crippen LogP contribution in [0.2, 0.25) is 0 Å². The molecule has 1 aliphatic heterocycles. The van der Waals surface area contributed by atoms with Gasteiger partial charge in [0.25, 0.3) is 0 Å². The third-order valence-electron chi connectivity index (χ3n) is 6.36. The van der Waals surface area contributed by atoms with Crippen molar-refractivity contribution >= 4 is 23.1 Å². The molecule has 1 aliphatic carbocycles. The van der Waals surface area contributed by atoms with E-state index in [1.54, 1.807) is 51.5 Å². The first-order valence-corrected chi connectivity index (χ1v) is 12.4. The van der Waals surface area contributed by atoms with Crippen molar-refractivity contribution in [1.82, 2.24) is 5.32 Å². The Kier molecular flexibility index (Phi) is 7.21. The van der Waals surface area contributed by atoms with Crippen LogP contribution in [0.1, 0.15) is 55.9 Å². The lowest BCUT2D eigenvalue weighted by molar-refractivity contribution is -0.143. The molecule has 7 nitrogen and oxygen atoms in total. The average Bonchev–Trinajstić information content (AvgIpc) is 3.36. The van der Waals surface area contributed by atoms with Crippen molar-refractivity contribution < 1.29 is 28.5 Å². The highest BCUT2D eigenvalue weighted by Crippen LogP contribution is 2.49. The molecule has 1 N–H and O–H groups in total. The Balaban J connectivity index is 1.89. The number of thiophene rings is 1. The SMILES string of the molecule is COc1cc([C@H]2C(C(=O)OC(C)C)=C(C)NC3=C2C(=O)C[C@@H](c2cccs2)C3)cc(OC)c1OC. The lowest BCUT2D eigenvalue weighted by Gasteiger charge is -2.36. The molecule has 0 spiro atoms. The fraction of sp³-hybridized carbons (Fsp3) is 0.407. The average molecular weight is 498 g/mol. The van der Waals surface area contributed by atoms with Crippen LogP contribution in [0.25, 0.3) is 0 Å². The number of nitrogens with one attached hydrogen (secondary N) is 1. The van der Waals surface area contributed by atoms with Gasteiger partial charge in [-0.05, 0) is 56.3 Å². The maximum Gasteiger partial charge on any atom is 0.337 e. The van der Waals surface area contributed by atoms with Crippen LogP contribution in [-0.4, -0.2) is 39.2 Å². The van der Waals surface area contributed by atoms with E-state index in [4.69, 9.17) is 18.9 Å². The second kappa shape index (κ2) is 10.2. The summed E-state index contributed by atoms with van der Waals surface area (Å²) in [7, 11) is 4.62. The molecule has 1 aromatic carbocycles. The van der Waals surface area contributed by atoms with Gasteiger partial charge in [-0.1, -0.05) is 6.07 Å². The van der Waals surface area contributed by atoms with Crippen molar-refractivity contribution in [2.24, 2.45) is 0 Å². The predicted octanol–water partition coefficient (Wildman–Crippen LogP) is 5.09. The monoisotopic (exact) mass is 497 g/mol. The van der Waals surface area contributed by atoms with Crippen molar-refractivity contribution in [3.63, 3.8) is 0 Å². The zero-order valence-electron chi connectivity index (χ0n) is 20.9. The largest absolute Gasteiger partial charge is 0.493 e. The van der Waals surface area contributed by atoms with E-state index in [0.29, 0.717) is 52.5 Å². The van der Waals surface area contributed by atoms with Crippen molar-refractivity contribution in [3.05, 3.63) is 62.6 Å². The zero-order chi connectivity index (χ0) is 25.3. The molecule has 186 valence electrons. The Labute approximate surface area is 209 Å². The van der Waals surface area contributed by atoms with Crippen molar-refractivity contribution in [2.45, 2.75) is 51.6 Å². The third-order valence-corrected chi connectivity index (χ3v) is 7.39. The number of dihydropyridines is 1. The van der Waals surface area contributed by atoms with Crippen molar-refractivity contribution in [1.29, 1.82) is 0 Å². The quantitative estimate of drug-likeness (QED) is 0.534. The van der Waals surface area contributed by atoms with Gasteiger partial charge in [0.15, 0.2) is 17.3 Å². The molecule has 0 radical (unpaired) electrons. The van der Waals surface area contributed by atoms with Gasteiger partial charge in [-0.15, -0.1) is 11.3 Å². The molecule has 2 heterocycles. The minimum absolute atomic E-state index is 0.0123. The fourth-order valence-electron chi connectivity index (χ4n) is 4.91. The molecular formula is C27H31NO6S. The molecule has 0 saturated heterocycles. The number of carbonyl (C=O) groups excluding carboxylic acids is 2. The van der Waals surface area contributed by atoms with Gasteiger partial charge in [0.1, 0.15) is 0 Å². The minimum atomic E-state index is -0.622. The van der Waals surface area contributed by atoms with E-state index < -0.39 is 11.9 Å². The zero-order valence-corrected chi connectivity index (χ0v) is 21.7. The Morgan fingerprint density at radius 3 is 2.31 bits per heavy atom. The topological polar surface area (TPSA) is 83.1 Å². The summed E-state index contributed by atoms with van der Waals surface area (Å²) >= 11 is 1.66. The van der Waals surface area contributed by atoms with E-state index in [0.717, 1.165) is 5.70 Å². The summed E-state index contributed by atoms with van der Waals surface area (Å²) in [6.45, 7) is 5.46. The van der Waals surface area contributed by atoms with E-state index in [2.05, 4.69) is 11.4 Å². The number of ketones is 1. The van der Waals surface area contributed by atoms with Crippen LogP contribution < -0.4 is 19.5 Å². The second-order valence-electron chi connectivity index (χ2n) is 8.95. The van der Waals surface area contributed by atoms with Crippen LogP contribution in [-0.2, 0) is 14.3 Å². The van der Waals surface area contributed by atoms with E-state index in [9.17, 15) is 9.59 Å². The van der Waals surface area contributed by atoms with Crippen LogP contribution in [0.3, 0.4) is 0 Å². The number of hydrogen-bond donors (Lipinski definition) is 1. The molecule has 0 bridgehead atoms. The third kappa shape index (κ3) is 4.67. The number of carbonyl (C=O) groups is 2. The van der Waals surface area contributed by atoms with Crippen molar-refractivity contribution in [2.75, 3.05) is 21.3 Å². The number of Topliss-reactive ketones (excluding diaryl/α,β-unsaturated/α-hetero) is 1. The lowest BCUT2D eigenvalue weighted by Crippen LogP contribution is -2.36. The maximum atomic E-state index is 13.7. The van der Waals surface area contributed by atoms with Crippen LogP contribution in [0.15, 0.2) is 52.2 Å². The molecule has 2 aliphatic rings. The molecule has 0 fully saturated rings. The number of ether oxygens (including phenoxy) is 4. The first-order chi connectivity index (χ1) is 16.8. The van der Waals surface area contributed by atoms with Crippen LogP contribution in [0, 0.1) is 0 Å². The Morgan fingerprint density at radius 1 is 1.09 bits per heavy atom. The molecular weight excluding hydrogens is 466 g/mol. The summed E-state index contributed by atoms with van der Waals surface area (Å²) < 4.78 is 22.2. The van der Waals surface area contributed by atoms with E-state index in [1.165, 1.54) is 12.0 Å². The van der Waals surface area contributed by atoms with Gasteiger partial charge in [0, 0.05) is 40.1 Å². The highest BCUT2D eigenvalue weighted by atomic mass is 32.1. The van der Waals surface area contributed by atoms with E-state index >= 15 is 0 Å². The molecule has 35 heavy (non-hydrogen) atoms. The van der Waals surface area contributed by atoms with E-state index in [-0.39, 0.29) is 17.8 Å². The smallest absolute Gasteiger partial charge is 0.337 e. The number of hydrogen-bond acceptors (Lipinski definition) is 8. The van der Waals surface area contributed by atoms with Gasteiger partial charge < -0.3 is 24.3 Å². The van der Waals surface area contributed by atoms with Crippen molar-refractivity contribution in [3.8, 4) is 17.2 Å². The van der Waals surface area contributed by atoms with Crippen LogP contribution in [0.4, 0.5) is 0 Å².